The maximum Gasteiger partial charge on any atom is 0.263 e. The van der Waals surface area contributed by atoms with Crippen LogP contribution < -0.4 is 11.3 Å². The number of nitrogens with two attached hydrogens (primary N) is 1. The molecule has 0 spiro atoms. The normalized spacial score (nSPS) is 13.0. The van der Waals surface area contributed by atoms with Crippen molar-refractivity contribution in [3.8, 4) is 0 Å². The summed E-state index contributed by atoms with van der Waals surface area (Å²) in [6.07, 6.45) is 2.33. The molecule has 0 saturated carbocycles. The van der Waals surface area contributed by atoms with E-state index in [2.05, 4.69) is 25.8 Å². The van der Waals surface area contributed by atoms with E-state index in [1.165, 1.54) is 0 Å². The fraction of sp³-hybridized carbons (Fsp3) is 0.355. The van der Waals surface area contributed by atoms with Crippen LogP contribution in [-0.4, -0.2) is 44.5 Å². The van der Waals surface area contributed by atoms with Crippen molar-refractivity contribution >= 4 is 16.9 Å². The fourth-order valence-electron chi connectivity index (χ4n) is 5.21. The Balaban J connectivity index is 1.84. The molecule has 38 heavy (non-hydrogen) atoms. The minimum Gasteiger partial charge on any atom is -0.335 e. The van der Waals surface area contributed by atoms with Gasteiger partial charge < -0.3 is 10.6 Å². The van der Waals surface area contributed by atoms with E-state index in [-0.39, 0.29) is 29.3 Å². The molecule has 0 aliphatic heterocycles. The predicted octanol–water partition coefficient (Wildman–Crippen LogP) is 4.77. The quantitative estimate of drug-likeness (QED) is 0.331. The number of rotatable bonds is 10. The van der Waals surface area contributed by atoms with Crippen molar-refractivity contribution < 1.29 is 4.79 Å². The zero-order valence-corrected chi connectivity index (χ0v) is 22.7. The third-order valence-corrected chi connectivity index (χ3v) is 7.07. The lowest BCUT2D eigenvalue weighted by Crippen LogP contribution is -2.48. The Hall–Kier alpha value is -3.84. The van der Waals surface area contributed by atoms with Gasteiger partial charge in [0.1, 0.15) is 5.82 Å². The molecule has 2 unspecified atom stereocenters. The lowest BCUT2D eigenvalue weighted by Gasteiger charge is -2.39. The highest BCUT2D eigenvalue weighted by Crippen LogP contribution is 2.30. The van der Waals surface area contributed by atoms with Crippen LogP contribution in [0.15, 0.2) is 77.7 Å². The number of hydrogen-bond donors (Lipinski definition) is 1. The molecule has 0 aliphatic rings. The van der Waals surface area contributed by atoms with Gasteiger partial charge in [0.05, 0.1) is 11.9 Å². The van der Waals surface area contributed by atoms with Gasteiger partial charge in [0, 0.05) is 30.3 Å². The molecule has 0 saturated heterocycles. The second-order valence-electron chi connectivity index (χ2n) is 10.3. The second-order valence-corrected chi connectivity index (χ2v) is 10.3. The average Bonchev–Trinajstić information content (AvgIpc) is 2.92. The highest BCUT2D eigenvalue weighted by molar-refractivity contribution is 5.94. The van der Waals surface area contributed by atoms with Crippen molar-refractivity contribution in [2.45, 2.75) is 52.6 Å². The van der Waals surface area contributed by atoms with Gasteiger partial charge in [0.2, 0.25) is 0 Å². The molecular formula is C31H37N5O2. The number of aryl methyl sites for hydroxylation is 1. The predicted molar refractivity (Wildman–Crippen MR) is 152 cm³/mol. The number of carbonyl (C=O) groups excluding carboxylic acids is 1. The van der Waals surface area contributed by atoms with Gasteiger partial charge in [-0.3, -0.25) is 14.2 Å². The summed E-state index contributed by atoms with van der Waals surface area (Å²) >= 11 is 0. The Kier molecular flexibility index (Phi) is 8.69. The number of nitrogens with zero attached hydrogens (tertiary/aromatic N) is 4. The van der Waals surface area contributed by atoms with Crippen LogP contribution >= 0.6 is 0 Å². The molecule has 0 aliphatic carbocycles. The molecule has 0 fully saturated rings. The smallest absolute Gasteiger partial charge is 0.263 e. The Morgan fingerprint density at radius 3 is 2.37 bits per heavy atom. The summed E-state index contributed by atoms with van der Waals surface area (Å²) in [7, 11) is 0. The first-order valence-corrected chi connectivity index (χ1v) is 13.3. The van der Waals surface area contributed by atoms with Gasteiger partial charge in [-0.15, -0.1) is 0 Å². The van der Waals surface area contributed by atoms with Gasteiger partial charge in [-0.1, -0.05) is 68.8 Å². The van der Waals surface area contributed by atoms with E-state index < -0.39 is 0 Å². The van der Waals surface area contributed by atoms with E-state index in [1.807, 2.05) is 66.4 Å². The first kappa shape index (κ1) is 27.2. The molecule has 2 N–H and O–H groups in total. The lowest BCUT2D eigenvalue weighted by molar-refractivity contribution is 0.0582. The monoisotopic (exact) mass is 511 g/mol. The Morgan fingerprint density at radius 1 is 1.00 bits per heavy atom. The van der Waals surface area contributed by atoms with Gasteiger partial charge in [-0.2, -0.15) is 0 Å². The summed E-state index contributed by atoms with van der Waals surface area (Å²) in [5, 5.41) is 0.483. The summed E-state index contributed by atoms with van der Waals surface area (Å²) < 4.78 is 1.75. The molecule has 4 rings (SSSR count). The maximum absolute atomic E-state index is 13.9. The summed E-state index contributed by atoms with van der Waals surface area (Å²) in [5.41, 5.74) is 8.92. The van der Waals surface area contributed by atoms with Crippen molar-refractivity contribution in [1.29, 1.82) is 0 Å². The van der Waals surface area contributed by atoms with Crippen molar-refractivity contribution in [3.05, 3.63) is 106 Å². The van der Waals surface area contributed by atoms with Gasteiger partial charge in [0.25, 0.3) is 11.5 Å². The zero-order valence-electron chi connectivity index (χ0n) is 22.7. The van der Waals surface area contributed by atoms with Crippen LogP contribution in [0, 0.1) is 12.8 Å². The first-order chi connectivity index (χ1) is 18.3. The number of amides is 1. The highest BCUT2D eigenvalue weighted by Gasteiger charge is 2.34. The Morgan fingerprint density at radius 2 is 1.71 bits per heavy atom. The van der Waals surface area contributed by atoms with E-state index in [9.17, 15) is 9.59 Å². The number of carbonyl (C=O) groups is 1. The van der Waals surface area contributed by atoms with Crippen LogP contribution in [0.4, 0.5) is 0 Å². The first-order valence-electron chi connectivity index (χ1n) is 13.3. The summed E-state index contributed by atoms with van der Waals surface area (Å²) in [5.74, 6) is 0.432. The van der Waals surface area contributed by atoms with E-state index in [1.54, 1.807) is 22.9 Å². The Bertz CT molecular complexity index is 1430. The van der Waals surface area contributed by atoms with E-state index >= 15 is 0 Å². The van der Waals surface area contributed by atoms with Gasteiger partial charge in [-0.05, 0) is 55.6 Å². The minimum atomic E-state index is -0.245. The lowest BCUT2D eigenvalue weighted by atomic mass is 9.88. The molecule has 2 aromatic heterocycles. The zero-order chi connectivity index (χ0) is 27.2. The van der Waals surface area contributed by atoms with Crippen LogP contribution in [0.25, 0.3) is 11.0 Å². The van der Waals surface area contributed by atoms with Crippen LogP contribution in [0.3, 0.4) is 0 Å². The van der Waals surface area contributed by atoms with Gasteiger partial charge >= 0.3 is 0 Å². The van der Waals surface area contributed by atoms with Crippen molar-refractivity contribution in [2.24, 2.45) is 11.7 Å². The van der Waals surface area contributed by atoms with Crippen LogP contribution in [0.1, 0.15) is 60.4 Å². The summed E-state index contributed by atoms with van der Waals surface area (Å²) in [4.78, 5) is 38.9. The molecule has 198 valence electrons. The fourth-order valence-corrected chi connectivity index (χ4v) is 5.21. The SMILES string of the molecule is Cc1ccc(C(=O)N(CCCN)C(C(C)C)C(C)c2nc3ncccc3c(=O)n2Cc2ccccc2)cc1. The summed E-state index contributed by atoms with van der Waals surface area (Å²) in [6, 6.07) is 20.9. The summed E-state index contributed by atoms with van der Waals surface area (Å²) in [6.45, 7) is 9.66. The molecule has 1 amide bonds. The third kappa shape index (κ3) is 5.83. The second kappa shape index (κ2) is 12.1. The van der Waals surface area contributed by atoms with E-state index in [0.717, 1.165) is 11.1 Å². The number of hydrogen-bond acceptors (Lipinski definition) is 5. The molecule has 7 heteroatoms. The van der Waals surface area contributed by atoms with Crippen molar-refractivity contribution in [1.82, 2.24) is 19.4 Å². The third-order valence-electron chi connectivity index (χ3n) is 7.07. The Labute approximate surface area is 224 Å². The largest absolute Gasteiger partial charge is 0.335 e. The standard InChI is InChI=1S/C31H37N5O2/c1-21(2)27(35(19-9-17-32)30(37)25-15-13-22(3)14-16-25)23(4)29-34-28-26(12-8-18-33-28)31(38)36(29)20-24-10-6-5-7-11-24/h5-8,10-16,18,21,23,27H,9,17,19-20,32H2,1-4H3. The number of aromatic nitrogens is 3. The molecule has 4 aromatic rings. The number of pyridine rings is 1. The van der Waals surface area contributed by atoms with Crippen molar-refractivity contribution in [3.63, 3.8) is 0 Å². The number of fused-ring (bicyclic) bond motifs is 1. The van der Waals surface area contributed by atoms with Crippen molar-refractivity contribution in [2.75, 3.05) is 13.1 Å². The number of benzene rings is 2. The molecule has 2 atom stereocenters. The van der Waals surface area contributed by atoms with Crippen LogP contribution in [-0.2, 0) is 6.54 Å². The minimum absolute atomic E-state index is 0.0418. The molecule has 0 radical (unpaired) electrons. The van der Waals surface area contributed by atoms with Crippen LogP contribution in [0.2, 0.25) is 0 Å². The molecule has 2 heterocycles. The van der Waals surface area contributed by atoms with E-state index in [0.29, 0.717) is 48.5 Å². The molecule has 0 bridgehead atoms. The molecule has 7 nitrogen and oxygen atoms in total. The molecular weight excluding hydrogens is 474 g/mol. The van der Waals surface area contributed by atoms with Gasteiger partial charge in [-0.25, -0.2) is 9.97 Å². The maximum atomic E-state index is 13.9. The van der Waals surface area contributed by atoms with Crippen LogP contribution in [0.5, 0.6) is 0 Å². The highest BCUT2D eigenvalue weighted by atomic mass is 16.2. The van der Waals surface area contributed by atoms with E-state index in [4.69, 9.17) is 10.7 Å². The van der Waals surface area contributed by atoms with Gasteiger partial charge in [0.15, 0.2) is 5.65 Å². The topological polar surface area (TPSA) is 94.1 Å². The molecule has 2 aromatic carbocycles. The average molecular weight is 512 g/mol.